The molecule has 1 amide bonds. The third kappa shape index (κ3) is 2.33. The second-order valence-corrected chi connectivity index (χ2v) is 4.71. The molecule has 2 N–H and O–H groups in total. The Morgan fingerprint density at radius 1 is 1.21 bits per heavy atom. The number of carboxylic acids is 1. The van der Waals surface area contributed by atoms with Gasteiger partial charge in [0.25, 0.3) is 0 Å². The quantitative estimate of drug-likeness (QED) is 0.847. The van der Waals surface area contributed by atoms with Crippen LogP contribution in [0.4, 0.5) is 4.79 Å². The van der Waals surface area contributed by atoms with Crippen LogP contribution in [0.25, 0.3) is 0 Å². The maximum absolute atomic E-state index is 11.6. The second kappa shape index (κ2) is 5.00. The summed E-state index contributed by atoms with van der Waals surface area (Å²) in [5.41, 5.74) is -1.06. The molecule has 0 atom stereocenters. The highest BCUT2D eigenvalue weighted by Crippen LogP contribution is 2.37. The smallest absolute Gasteiger partial charge is 0.407 e. The van der Waals surface area contributed by atoms with Crippen LogP contribution in [0.2, 0.25) is 5.15 Å². The van der Waals surface area contributed by atoms with E-state index in [0.29, 0.717) is 0 Å². The number of likely N-dealkylation sites (tertiary alicyclic amines) is 1. The molecule has 0 saturated carbocycles. The molecule has 0 unspecified atom stereocenters. The van der Waals surface area contributed by atoms with Crippen molar-refractivity contribution in [2.45, 2.75) is 18.3 Å². The van der Waals surface area contributed by atoms with Crippen LogP contribution in [-0.2, 0) is 10.2 Å². The highest BCUT2D eigenvalue weighted by molar-refractivity contribution is 6.30. The fourth-order valence-electron chi connectivity index (χ4n) is 2.27. The molecular formula is C11H12ClN3O4. The van der Waals surface area contributed by atoms with Gasteiger partial charge in [0.15, 0.2) is 5.15 Å². The molecule has 1 aliphatic rings. The van der Waals surface area contributed by atoms with Crippen LogP contribution in [0.3, 0.4) is 0 Å². The summed E-state index contributed by atoms with van der Waals surface area (Å²) in [5.74, 6) is -1.06. The lowest BCUT2D eigenvalue weighted by atomic mass is 9.76. The minimum Gasteiger partial charge on any atom is -0.481 e. The zero-order valence-electron chi connectivity index (χ0n) is 9.91. The van der Waals surface area contributed by atoms with Gasteiger partial charge in [-0.25, -0.2) is 9.78 Å². The molecule has 8 heteroatoms. The number of piperidine rings is 1. The number of carboxylic acid groups (broad SMARTS) is 2. The summed E-state index contributed by atoms with van der Waals surface area (Å²) >= 11 is 5.92. The van der Waals surface area contributed by atoms with Gasteiger partial charge in [0.1, 0.15) is 5.41 Å². The Morgan fingerprint density at radius 2 is 1.79 bits per heavy atom. The standard InChI is InChI=1S/C11H12ClN3O4/c12-8-7(13-3-4-14-8)11(9(16)17)1-5-15(6-2-11)10(18)19/h3-4H,1-2,5-6H2,(H,16,17)(H,18,19). The van der Waals surface area contributed by atoms with Crippen LogP contribution in [0.1, 0.15) is 18.5 Å². The van der Waals surface area contributed by atoms with Gasteiger partial charge in [-0.2, -0.15) is 0 Å². The van der Waals surface area contributed by atoms with E-state index in [-0.39, 0.29) is 36.8 Å². The number of carbonyl (C=O) groups is 2. The monoisotopic (exact) mass is 285 g/mol. The van der Waals surface area contributed by atoms with E-state index in [1.807, 2.05) is 0 Å². The van der Waals surface area contributed by atoms with Gasteiger partial charge in [0, 0.05) is 25.5 Å². The van der Waals surface area contributed by atoms with Gasteiger partial charge in [0.05, 0.1) is 5.69 Å². The van der Waals surface area contributed by atoms with Crippen molar-refractivity contribution in [3.63, 3.8) is 0 Å². The summed E-state index contributed by atoms with van der Waals surface area (Å²) in [4.78, 5) is 31.5. The van der Waals surface area contributed by atoms with E-state index in [2.05, 4.69) is 9.97 Å². The predicted molar refractivity (Wildman–Crippen MR) is 65.2 cm³/mol. The molecule has 1 saturated heterocycles. The Labute approximate surface area is 113 Å². The lowest BCUT2D eigenvalue weighted by Crippen LogP contribution is -2.49. The van der Waals surface area contributed by atoms with Crippen LogP contribution in [0, 0.1) is 0 Å². The Kier molecular flexibility index (Phi) is 3.57. The number of hydrogen-bond acceptors (Lipinski definition) is 4. The van der Waals surface area contributed by atoms with Crippen molar-refractivity contribution in [1.82, 2.24) is 14.9 Å². The maximum atomic E-state index is 11.6. The summed E-state index contributed by atoms with van der Waals surface area (Å²) < 4.78 is 0. The molecule has 7 nitrogen and oxygen atoms in total. The molecule has 2 rings (SSSR count). The van der Waals surface area contributed by atoms with E-state index in [1.54, 1.807) is 0 Å². The fraction of sp³-hybridized carbons (Fsp3) is 0.455. The van der Waals surface area contributed by atoms with Gasteiger partial charge >= 0.3 is 12.1 Å². The first-order valence-electron chi connectivity index (χ1n) is 5.65. The van der Waals surface area contributed by atoms with Crippen molar-refractivity contribution in [3.05, 3.63) is 23.2 Å². The number of aliphatic carboxylic acids is 1. The number of aromatic nitrogens is 2. The summed E-state index contributed by atoms with van der Waals surface area (Å²) in [5, 5.41) is 18.4. The number of nitrogens with zero attached hydrogens (tertiary/aromatic N) is 3. The van der Waals surface area contributed by atoms with Crippen LogP contribution in [0.5, 0.6) is 0 Å². The van der Waals surface area contributed by atoms with E-state index in [0.717, 1.165) is 0 Å². The molecule has 19 heavy (non-hydrogen) atoms. The first kappa shape index (κ1) is 13.5. The minimum absolute atomic E-state index is 0.0497. The van der Waals surface area contributed by atoms with Gasteiger partial charge in [-0.05, 0) is 12.8 Å². The summed E-state index contributed by atoms with van der Waals surface area (Å²) in [6.07, 6.45) is 1.98. The third-order valence-corrected chi connectivity index (χ3v) is 3.68. The summed E-state index contributed by atoms with van der Waals surface area (Å²) in [7, 11) is 0. The largest absolute Gasteiger partial charge is 0.481 e. The van der Waals surface area contributed by atoms with E-state index >= 15 is 0 Å². The average Bonchev–Trinajstić information content (AvgIpc) is 2.39. The van der Waals surface area contributed by atoms with Crippen LogP contribution in [0.15, 0.2) is 12.4 Å². The van der Waals surface area contributed by atoms with Crippen molar-refractivity contribution in [1.29, 1.82) is 0 Å². The number of rotatable bonds is 2. The van der Waals surface area contributed by atoms with Gasteiger partial charge in [-0.3, -0.25) is 9.78 Å². The molecular weight excluding hydrogens is 274 g/mol. The molecule has 1 aliphatic heterocycles. The van der Waals surface area contributed by atoms with E-state index in [1.165, 1.54) is 17.3 Å². The maximum Gasteiger partial charge on any atom is 0.407 e. The number of amides is 1. The van der Waals surface area contributed by atoms with E-state index in [9.17, 15) is 14.7 Å². The lowest BCUT2D eigenvalue weighted by Gasteiger charge is -2.37. The SMILES string of the molecule is O=C(O)N1CCC(C(=O)O)(c2nccnc2Cl)CC1. The molecule has 0 aromatic carbocycles. The molecule has 2 heterocycles. The third-order valence-electron chi connectivity index (χ3n) is 3.40. The Morgan fingerprint density at radius 3 is 2.26 bits per heavy atom. The Hall–Kier alpha value is -1.89. The molecule has 102 valence electrons. The highest BCUT2D eigenvalue weighted by Gasteiger charge is 2.46. The molecule has 1 aromatic rings. The van der Waals surface area contributed by atoms with Gasteiger partial charge in [-0.15, -0.1) is 0 Å². The normalized spacial score (nSPS) is 18.1. The van der Waals surface area contributed by atoms with Crippen LogP contribution < -0.4 is 0 Å². The van der Waals surface area contributed by atoms with Crippen molar-refractivity contribution in [2.24, 2.45) is 0 Å². The number of halogens is 1. The molecule has 1 aromatic heterocycles. The highest BCUT2D eigenvalue weighted by atomic mass is 35.5. The molecule has 1 fully saturated rings. The topological polar surface area (TPSA) is 104 Å². The summed E-state index contributed by atoms with van der Waals surface area (Å²) in [6, 6.07) is 0. The molecule has 0 aliphatic carbocycles. The lowest BCUT2D eigenvalue weighted by molar-refractivity contribution is -0.146. The zero-order valence-corrected chi connectivity index (χ0v) is 10.7. The molecule has 0 bridgehead atoms. The van der Waals surface area contributed by atoms with Crippen molar-refractivity contribution in [2.75, 3.05) is 13.1 Å². The Balaban J connectivity index is 2.35. The average molecular weight is 286 g/mol. The van der Waals surface area contributed by atoms with Crippen molar-refractivity contribution in [3.8, 4) is 0 Å². The first-order chi connectivity index (χ1) is 8.97. The van der Waals surface area contributed by atoms with Gasteiger partial charge in [-0.1, -0.05) is 11.6 Å². The molecule has 0 radical (unpaired) electrons. The zero-order chi connectivity index (χ0) is 14.0. The van der Waals surface area contributed by atoms with Crippen molar-refractivity contribution < 1.29 is 19.8 Å². The second-order valence-electron chi connectivity index (χ2n) is 4.35. The predicted octanol–water partition coefficient (Wildman–Crippen LogP) is 1.23. The van der Waals surface area contributed by atoms with E-state index in [4.69, 9.17) is 16.7 Å². The van der Waals surface area contributed by atoms with Gasteiger partial charge < -0.3 is 15.1 Å². The van der Waals surface area contributed by atoms with Gasteiger partial charge in [0.2, 0.25) is 0 Å². The molecule has 0 spiro atoms. The minimum atomic E-state index is -1.27. The van der Waals surface area contributed by atoms with Crippen LogP contribution in [-0.4, -0.2) is 50.2 Å². The Bertz CT molecular complexity index is 514. The summed E-state index contributed by atoms with van der Waals surface area (Å²) in [6.45, 7) is 0.267. The number of hydrogen-bond donors (Lipinski definition) is 2. The fourth-order valence-corrected chi connectivity index (χ4v) is 2.56. The first-order valence-corrected chi connectivity index (χ1v) is 6.03. The van der Waals surface area contributed by atoms with Crippen molar-refractivity contribution >= 4 is 23.7 Å². The van der Waals surface area contributed by atoms with E-state index < -0.39 is 17.5 Å². The van der Waals surface area contributed by atoms with Crippen LogP contribution >= 0.6 is 11.6 Å².